The van der Waals surface area contributed by atoms with Gasteiger partial charge in [-0.25, -0.2) is 4.68 Å². The van der Waals surface area contributed by atoms with Crippen LogP contribution in [0.3, 0.4) is 0 Å². The largest absolute Gasteiger partial charge is 0.394 e. The highest BCUT2D eigenvalue weighted by atomic mass is 79.9. The van der Waals surface area contributed by atoms with E-state index in [1.54, 1.807) is 4.68 Å². The lowest BCUT2D eigenvalue weighted by molar-refractivity contribution is 0.00743. The molecule has 0 bridgehead atoms. The van der Waals surface area contributed by atoms with Crippen LogP contribution in [0.1, 0.15) is 24.6 Å². The number of ether oxygens (including phenoxy) is 1. The number of rotatable bonds is 2. The van der Waals surface area contributed by atoms with Gasteiger partial charge in [0.1, 0.15) is 11.8 Å². The van der Waals surface area contributed by atoms with Crippen LogP contribution in [0.4, 0.5) is 0 Å². The molecule has 1 fully saturated rings. The van der Waals surface area contributed by atoms with Crippen molar-refractivity contribution in [1.29, 1.82) is 0 Å². The predicted molar refractivity (Wildman–Crippen MR) is 52.6 cm³/mol. The third kappa shape index (κ3) is 1.69. The SMILES string of the molecule is Cn1nnc(Br)c1C1CCC(CO)O1. The van der Waals surface area contributed by atoms with Gasteiger partial charge in [0.05, 0.1) is 12.7 Å². The quantitative estimate of drug-likeness (QED) is 0.856. The van der Waals surface area contributed by atoms with Crippen LogP contribution in [0.5, 0.6) is 0 Å². The van der Waals surface area contributed by atoms with Crippen molar-refractivity contribution < 1.29 is 9.84 Å². The average Bonchev–Trinajstić information content (AvgIpc) is 2.73. The lowest BCUT2D eigenvalue weighted by Crippen LogP contribution is -2.12. The van der Waals surface area contributed by atoms with Crippen LogP contribution < -0.4 is 0 Å². The number of hydrogen-bond acceptors (Lipinski definition) is 4. The Morgan fingerprint density at radius 2 is 2.43 bits per heavy atom. The average molecular weight is 262 g/mol. The van der Waals surface area contributed by atoms with Crippen LogP contribution in [-0.2, 0) is 11.8 Å². The number of aromatic nitrogens is 3. The smallest absolute Gasteiger partial charge is 0.154 e. The Kier molecular flexibility index (Phi) is 2.85. The molecule has 1 N–H and O–H groups in total. The highest BCUT2D eigenvalue weighted by molar-refractivity contribution is 9.10. The summed E-state index contributed by atoms with van der Waals surface area (Å²) >= 11 is 3.33. The maximum absolute atomic E-state index is 8.95. The minimum absolute atomic E-state index is 0.00141. The molecule has 1 aliphatic heterocycles. The van der Waals surface area contributed by atoms with E-state index in [2.05, 4.69) is 26.2 Å². The zero-order chi connectivity index (χ0) is 10.1. The highest BCUT2D eigenvalue weighted by Crippen LogP contribution is 2.34. The molecule has 1 aromatic rings. The third-order valence-electron chi connectivity index (χ3n) is 2.44. The molecule has 14 heavy (non-hydrogen) atoms. The van der Waals surface area contributed by atoms with Gasteiger partial charge in [0.2, 0.25) is 0 Å². The molecular weight excluding hydrogens is 250 g/mol. The minimum Gasteiger partial charge on any atom is -0.394 e. The molecule has 1 aliphatic rings. The molecule has 0 aliphatic carbocycles. The fourth-order valence-electron chi connectivity index (χ4n) is 1.72. The summed E-state index contributed by atoms with van der Waals surface area (Å²) in [6.45, 7) is 0.0827. The lowest BCUT2D eigenvalue weighted by Gasteiger charge is -2.11. The summed E-state index contributed by atoms with van der Waals surface area (Å²) < 4.78 is 8.06. The Balaban J connectivity index is 2.17. The summed E-state index contributed by atoms with van der Waals surface area (Å²) in [6, 6.07) is 0. The molecule has 2 rings (SSSR count). The van der Waals surface area contributed by atoms with Crippen molar-refractivity contribution in [3.05, 3.63) is 10.3 Å². The number of nitrogens with zero attached hydrogens (tertiary/aromatic N) is 3. The first-order valence-electron chi connectivity index (χ1n) is 4.53. The van der Waals surface area contributed by atoms with Gasteiger partial charge in [0, 0.05) is 7.05 Å². The molecule has 1 saturated heterocycles. The number of halogens is 1. The Labute approximate surface area is 90.2 Å². The number of aliphatic hydroxyl groups is 1. The van der Waals surface area contributed by atoms with Crippen molar-refractivity contribution in [2.45, 2.75) is 25.0 Å². The fourth-order valence-corrected chi connectivity index (χ4v) is 2.30. The maximum atomic E-state index is 8.95. The Hall–Kier alpha value is -0.460. The summed E-state index contributed by atoms with van der Waals surface area (Å²) in [6.07, 6.45) is 1.76. The number of aryl methyl sites for hydroxylation is 1. The molecular formula is C8H12BrN3O2. The molecule has 78 valence electrons. The maximum Gasteiger partial charge on any atom is 0.154 e. The topological polar surface area (TPSA) is 60.2 Å². The number of hydrogen-bond donors (Lipinski definition) is 1. The second-order valence-electron chi connectivity index (χ2n) is 3.40. The van der Waals surface area contributed by atoms with Gasteiger partial charge in [0.15, 0.2) is 4.60 Å². The molecule has 0 radical (unpaired) electrons. The summed E-state index contributed by atoms with van der Waals surface area (Å²) in [5.41, 5.74) is 0.945. The van der Waals surface area contributed by atoms with E-state index >= 15 is 0 Å². The van der Waals surface area contributed by atoms with Crippen LogP contribution in [0.15, 0.2) is 4.60 Å². The van der Waals surface area contributed by atoms with Crippen molar-refractivity contribution in [2.24, 2.45) is 7.05 Å². The van der Waals surface area contributed by atoms with Gasteiger partial charge >= 0.3 is 0 Å². The summed E-state index contributed by atoms with van der Waals surface area (Å²) in [7, 11) is 1.84. The molecule has 0 spiro atoms. The van der Waals surface area contributed by atoms with Crippen LogP contribution in [0.25, 0.3) is 0 Å². The molecule has 2 heterocycles. The van der Waals surface area contributed by atoms with E-state index in [0.29, 0.717) is 0 Å². The first-order chi connectivity index (χ1) is 6.72. The van der Waals surface area contributed by atoms with Gasteiger partial charge < -0.3 is 9.84 Å². The van der Waals surface area contributed by atoms with Crippen molar-refractivity contribution in [2.75, 3.05) is 6.61 Å². The van der Waals surface area contributed by atoms with Gasteiger partial charge in [-0.2, -0.15) is 0 Å². The molecule has 6 heteroatoms. The van der Waals surface area contributed by atoms with Crippen LogP contribution in [-0.4, -0.2) is 32.8 Å². The van der Waals surface area contributed by atoms with E-state index < -0.39 is 0 Å². The van der Waals surface area contributed by atoms with Crippen molar-refractivity contribution in [1.82, 2.24) is 15.0 Å². The molecule has 2 atom stereocenters. The standard InChI is InChI=1S/C8H12BrN3O2/c1-12-7(8(9)10-11-12)6-3-2-5(4-13)14-6/h5-6,13H,2-4H2,1H3. The van der Waals surface area contributed by atoms with E-state index in [-0.39, 0.29) is 18.8 Å². The van der Waals surface area contributed by atoms with Crippen molar-refractivity contribution in [3.8, 4) is 0 Å². The zero-order valence-corrected chi connectivity index (χ0v) is 9.44. The zero-order valence-electron chi connectivity index (χ0n) is 7.85. The van der Waals surface area contributed by atoms with Gasteiger partial charge in [-0.05, 0) is 28.8 Å². The number of aliphatic hydroxyl groups excluding tert-OH is 1. The van der Waals surface area contributed by atoms with Crippen molar-refractivity contribution in [3.63, 3.8) is 0 Å². The minimum atomic E-state index is -0.0400. The molecule has 2 unspecified atom stereocenters. The summed E-state index contributed by atoms with van der Waals surface area (Å²) in [4.78, 5) is 0. The van der Waals surface area contributed by atoms with Crippen LogP contribution >= 0.6 is 15.9 Å². The monoisotopic (exact) mass is 261 g/mol. The lowest BCUT2D eigenvalue weighted by atomic mass is 10.1. The van der Waals surface area contributed by atoms with Gasteiger partial charge in [-0.15, -0.1) is 5.10 Å². The molecule has 0 saturated carbocycles. The molecule has 5 nitrogen and oxygen atoms in total. The normalized spacial score (nSPS) is 27.1. The Bertz CT molecular complexity index is 309. The van der Waals surface area contributed by atoms with E-state index in [1.165, 1.54) is 0 Å². The Morgan fingerprint density at radius 1 is 1.64 bits per heavy atom. The highest BCUT2D eigenvalue weighted by Gasteiger charge is 2.30. The predicted octanol–water partition coefficient (Wildman–Crippen LogP) is 0.790. The molecule has 0 aromatic carbocycles. The fraction of sp³-hybridized carbons (Fsp3) is 0.750. The van der Waals surface area contributed by atoms with Gasteiger partial charge in [-0.3, -0.25) is 0 Å². The summed E-state index contributed by atoms with van der Waals surface area (Å²) in [5.74, 6) is 0. The van der Waals surface area contributed by atoms with Crippen molar-refractivity contribution >= 4 is 15.9 Å². The van der Waals surface area contributed by atoms with E-state index in [0.717, 1.165) is 23.1 Å². The van der Waals surface area contributed by atoms with Crippen LogP contribution in [0.2, 0.25) is 0 Å². The molecule has 1 aromatic heterocycles. The second kappa shape index (κ2) is 3.96. The third-order valence-corrected chi connectivity index (χ3v) is 3.01. The molecule has 0 amide bonds. The van der Waals surface area contributed by atoms with E-state index in [1.807, 2.05) is 7.05 Å². The summed E-state index contributed by atoms with van der Waals surface area (Å²) in [5, 5.41) is 16.7. The van der Waals surface area contributed by atoms with Gasteiger partial charge in [0.25, 0.3) is 0 Å². The first kappa shape index (κ1) is 10.1. The first-order valence-corrected chi connectivity index (χ1v) is 5.33. The van der Waals surface area contributed by atoms with E-state index in [9.17, 15) is 0 Å². The Morgan fingerprint density at radius 3 is 2.93 bits per heavy atom. The van der Waals surface area contributed by atoms with E-state index in [4.69, 9.17) is 9.84 Å². The van der Waals surface area contributed by atoms with Gasteiger partial charge in [-0.1, -0.05) is 5.21 Å². The van der Waals surface area contributed by atoms with Crippen LogP contribution in [0, 0.1) is 0 Å². The second-order valence-corrected chi connectivity index (χ2v) is 4.15.